The van der Waals surface area contributed by atoms with Crippen molar-refractivity contribution in [1.29, 1.82) is 0 Å². The van der Waals surface area contributed by atoms with Crippen molar-refractivity contribution in [1.82, 2.24) is 41.7 Å². The summed E-state index contributed by atoms with van der Waals surface area (Å²) in [6, 6.07) is 1.32. The van der Waals surface area contributed by atoms with E-state index in [0.717, 1.165) is 12.0 Å². The summed E-state index contributed by atoms with van der Waals surface area (Å²) >= 11 is 1.76. The fraction of sp³-hybridized carbons (Fsp3) is 0.710. The molecule has 2 heterocycles. The number of carboxylic acids is 4. The molecule has 0 aromatic heterocycles. The molecule has 0 saturated carbocycles. The Bertz CT molecular complexity index is 2580. The Kier molecular flexibility index (Phi) is 29.1. The van der Waals surface area contributed by atoms with Crippen LogP contribution in [-0.4, -0.2) is 206 Å². The number of carbonyl (C=O) groups excluding carboxylic acids is 6. The van der Waals surface area contributed by atoms with Gasteiger partial charge in [0.15, 0.2) is 0 Å². The molecule has 494 valence electrons. The zero-order chi connectivity index (χ0) is 65.5. The van der Waals surface area contributed by atoms with E-state index >= 15 is 9.59 Å². The largest absolute Gasteiger partial charge is 0.481 e. The number of carboxylic acid groups (broad SMARTS) is 4. The Hall–Kier alpha value is -6.35. The van der Waals surface area contributed by atoms with Crippen LogP contribution in [0, 0.1) is 0 Å². The summed E-state index contributed by atoms with van der Waals surface area (Å²) < 4.78 is 19.2. The fourth-order valence-corrected chi connectivity index (χ4v) is 13.4. The molecule has 3 bridgehead atoms. The Morgan fingerprint density at radius 1 is 0.750 bits per heavy atom. The molecule has 0 radical (unpaired) electrons. The van der Waals surface area contributed by atoms with Crippen molar-refractivity contribution in [3.05, 3.63) is 48.0 Å². The average molecular weight is 1260 g/mol. The van der Waals surface area contributed by atoms with Gasteiger partial charge in [0, 0.05) is 74.5 Å². The van der Waals surface area contributed by atoms with E-state index in [-0.39, 0.29) is 57.2 Å². The third-order valence-electron chi connectivity index (χ3n) is 17.9. The van der Waals surface area contributed by atoms with Crippen LogP contribution in [0.15, 0.2) is 42.5 Å². The molecule has 4 rings (SSSR count). The van der Waals surface area contributed by atoms with E-state index in [1.165, 1.54) is 4.90 Å². The highest BCUT2D eigenvalue weighted by Gasteiger charge is 2.55. The quantitative estimate of drug-likeness (QED) is 0.0323. The van der Waals surface area contributed by atoms with Crippen molar-refractivity contribution in [3.8, 4) is 0 Å². The molecule has 25 nitrogen and oxygen atoms in total. The number of aliphatic carboxylic acids is 4. The van der Waals surface area contributed by atoms with Crippen LogP contribution in [-0.2, 0) is 63.8 Å². The van der Waals surface area contributed by atoms with Crippen molar-refractivity contribution >= 4 is 71.2 Å². The van der Waals surface area contributed by atoms with Gasteiger partial charge in [-0.1, -0.05) is 63.3 Å². The van der Waals surface area contributed by atoms with Gasteiger partial charge in [-0.2, -0.15) is 11.8 Å². The van der Waals surface area contributed by atoms with Crippen LogP contribution < -0.4 is 31.9 Å². The molecule has 88 heavy (non-hydrogen) atoms. The fourth-order valence-electron chi connectivity index (χ4n) is 12.3. The van der Waals surface area contributed by atoms with Gasteiger partial charge in [-0.25, -0.2) is 14.4 Å². The summed E-state index contributed by atoms with van der Waals surface area (Å²) in [6.45, 7) is 14.3. The smallest absolute Gasteiger partial charge is 0.326 e. The van der Waals surface area contributed by atoms with Gasteiger partial charge in [-0.3, -0.25) is 33.6 Å². The molecule has 26 heteroatoms. The molecule has 10 N–H and O–H groups in total. The summed E-state index contributed by atoms with van der Waals surface area (Å²) in [5.74, 6) is -7.34. The Morgan fingerprint density at radius 2 is 1.40 bits per heavy atom. The topological polar surface area (TPSA) is 358 Å². The zero-order valence-corrected chi connectivity index (χ0v) is 53.7. The van der Waals surface area contributed by atoms with Gasteiger partial charge in [0.2, 0.25) is 29.5 Å². The number of rotatable bonds is 35. The number of methoxy groups -OCH3 is 1. The number of nitrogens with one attached hydrogen (secondary N) is 6. The average Bonchev–Trinajstić information content (AvgIpc) is 1.62. The number of likely N-dealkylation sites (N-methyl/N-ethyl adjacent to an activating group) is 1. The van der Waals surface area contributed by atoms with Crippen molar-refractivity contribution in [3.63, 3.8) is 0 Å². The van der Waals surface area contributed by atoms with E-state index in [1.807, 2.05) is 77.2 Å². The molecule has 10 unspecified atom stereocenters. The lowest BCUT2D eigenvalue weighted by atomic mass is 9.74. The van der Waals surface area contributed by atoms with Crippen LogP contribution in [0.4, 0.5) is 4.79 Å². The first kappa shape index (κ1) is 74.1. The number of thioether (sulfide) groups is 1. The number of amides is 7. The highest BCUT2D eigenvalue weighted by Crippen LogP contribution is 2.46. The van der Waals surface area contributed by atoms with Crippen LogP contribution in [0.3, 0.4) is 0 Å². The van der Waals surface area contributed by atoms with E-state index in [4.69, 9.17) is 19.3 Å². The number of nitrogens with zero attached hydrogens (tertiary/aromatic N) is 2. The number of fused-ring (bicyclic) bond motifs is 5. The van der Waals surface area contributed by atoms with Gasteiger partial charge < -0.3 is 76.3 Å². The molecule has 1 aromatic carbocycles. The molecule has 2 fully saturated rings. The van der Waals surface area contributed by atoms with Crippen molar-refractivity contribution < 1.29 is 82.6 Å². The van der Waals surface area contributed by atoms with Crippen LogP contribution in [0.25, 0.3) is 0 Å². The Balaban J connectivity index is 1.41. The summed E-state index contributed by atoms with van der Waals surface area (Å²) in [6.07, 6.45) is 7.89. The van der Waals surface area contributed by atoms with Crippen molar-refractivity contribution in [2.45, 2.75) is 227 Å². The normalized spacial score (nSPS) is 23.4. The molecular formula is C62H98N8O17S. The second-order valence-electron chi connectivity index (χ2n) is 24.5. The van der Waals surface area contributed by atoms with Gasteiger partial charge in [0.05, 0.1) is 36.4 Å². The maximum Gasteiger partial charge on any atom is 0.326 e. The van der Waals surface area contributed by atoms with E-state index < -0.39 is 137 Å². The first-order chi connectivity index (χ1) is 41.5. The van der Waals surface area contributed by atoms with Crippen LogP contribution >= 0.6 is 11.8 Å². The summed E-state index contributed by atoms with van der Waals surface area (Å²) in [7, 11) is 3.21. The zero-order valence-electron chi connectivity index (χ0n) is 52.9. The molecule has 7 amide bonds. The lowest BCUT2D eigenvalue weighted by Gasteiger charge is -2.49. The second-order valence-corrected chi connectivity index (χ2v) is 25.8. The molecule has 2 aliphatic heterocycles. The van der Waals surface area contributed by atoms with Crippen molar-refractivity contribution in [2.75, 3.05) is 52.8 Å². The number of carbonyl (C=O) groups is 10. The standard InChI is InChI=1S/C62H98N8O17S/c1-10-60(6,86-33-30-62(11-2,12-3)87-34-31-64-48(71)23-21-43(55(80)81)67-57(84)68-44(56(82)83)22-24-50(73)74)29-26-49(72)66-45(36-41-18-14-13-15-19-41)52(77)65-38-46(63-8)53(78)70-47(37-51(75)76)54(79)69-32-35-88-42-20-16-17-27-59(70,5)40-61(7,85-9)39-58(69,4)28-25-42/h13-16,18-20,42-47,63H,10-12,17,21-40H2,1-9H3,(H,64,71)(H,65,77)(H,66,72)(H,73,74)(H,75,76)(H,80,81)(H,82,83)(H2,67,68,84). The monoisotopic (exact) mass is 1260 g/mol. The summed E-state index contributed by atoms with van der Waals surface area (Å²) in [4.78, 5) is 135. The number of ether oxygens (including phenoxy) is 3. The summed E-state index contributed by atoms with van der Waals surface area (Å²) in [5, 5.41) is 54.3. The van der Waals surface area contributed by atoms with Crippen LogP contribution in [0.5, 0.6) is 0 Å². The molecule has 3 aliphatic rings. The van der Waals surface area contributed by atoms with E-state index in [0.29, 0.717) is 76.5 Å². The third-order valence-corrected chi connectivity index (χ3v) is 19.1. The number of hydrogen-bond acceptors (Lipinski definition) is 15. The Labute approximate surface area is 521 Å². The summed E-state index contributed by atoms with van der Waals surface area (Å²) in [5.41, 5.74) is -3.29. The van der Waals surface area contributed by atoms with Gasteiger partial charge in [-0.15, -0.1) is 0 Å². The first-order valence-corrected chi connectivity index (χ1v) is 31.8. The number of urea groups is 1. The van der Waals surface area contributed by atoms with Crippen molar-refractivity contribution in [2.24, 2.45) is 0 Å². The highest BCUT2D eigenvalue weighted by molar-refractivity contribution is 8.00. The maximum absolute atomic E-state index is 15.5. The first-order valence-electron chi connectivity index (χ1n) is 30.8. The van der Waals surface area contributed by atoms with Gasteiger partial charge in [-0.05, 0) is 124 Å². The second kappa shape index (κ2) is 34.6. The lowest BCUT2D eigenvalue weighted by molar-refractivity contribution is -0.160. The van der Waals surface area contributed by atoms with E-state index in [9.17, 15) is 53.7 Å². The molecule has 1 aliphatic carbocycles. The minimum atomic E-state index is -1.58. The molecule has 1 aromatic rings. The predicted octanol–water partition coefficient (Wildman–Crippen LogP) is 4.78. The predicted molar refractivity (Wildman–Crippen MR) is 329 cm³/mol. The van der Waals surface area contributed by atoms with E-state index in [1.54, 1.807) is 30.8 Å². The Morgan fingerprint density at radius 3 is 1.99 bits per heavy atom. The molecule has 0 spiro atoms. The maximum atomic E-state index is 15.5. The van der Waals surface area contributed by atoms with Gasteiger partial charge >= 0.3 is 29.9 Å². The number of benzene rings is 1. The van der Waals surface area contributed by atoms with Crippen LogP contribution in [0.1, 0.15) is 163 Å². The molecule has 2 saturated heterocycles. The lowest BCUT2D eigenvalue weighted by Crippen LogP contribution is -2.66. The minimum absolute atomic E-state index is 0.00276. The third kappa shape index (κ3) is 22.3. The van der Waals surface area contributed by atoms with Crippen LogP contribution in [0.2, 0.25) is 0 Å². The SMILES string of the molecule is CCC(C)(CCC(=O)NC(Cc1ccccc1)C(=O)NCC(NC)C(=O)N1C(CC(=O)O)C(=O)N2CCSC3C=CCCC1(C)CC(C)(OC)CC2(C)CC3)OCCC(CC)(CC)OCCNC(=O)CCC(NC(=O)NC(CCC(=O)O)C(=O)O)C(=O)O. The minimum Gasteiger partial charge on any atom is -0.481 e. The molecular weight excluding hydrogens is 1160 g/mol. The number of allylic oxidation sites excluding steroid dienone is 1. The molecule has 10 atom stereocenters. The van der Waals surface area contributed by atoms with Gasteiger partial charge in [0.25, 0.3) is 0 Å². The highest BCUT2D eigenvalue weighted by atomic mass is 32.2. The van der Waals surface area contributed by atoms with Gasteiger partial charge in [0.1, 0.15) is 30.2 Å². The van der Waals surface area contributed by atoms with E-state index in [2.05, 4.69) is 45.7 Å². The number of hydrogen-bond donors (Lipinski definition) is 10.